The van der Waals surface area contributed by atoms with Crippen molar-refractivity contribution < 1.29 is 13.6 Å². The number of thiazole rings is 1. The number of carbonyl (C=O) groups is 1. The average Bonchev–Trinajstić information content (AvgIpc) is 3.31. The molecule has 26 heavy (non-hydrogen) atoms. The van der Waals surface area contributed by atoms with Gasteiger partial charge in [0.2, 0.25) is 5.13 Å². The topological polar surface area (TPSA) is 58.7 Å². The number of nitrogens with zero attached hydrogens (tertiary/aromatic N) is 3. The van der Waals surface area contributed by atoms with Gasteiger partial charge in [0.25, 0.3) is 5.91 Å². The monoisotopic (exact) mass is 365 g/mol. The Kier molecular flexibility index (Phi) is 4.28. The lowest BCUT2D eigenvalue weighted by molar-refractivity contribution is 0.0987. The van der Waals surface area contributed by atoms with Crippen LogP contribution < -0.4 is 5.01 Å². The molecule has 0 aliphatic rings. The third kappa shape index (κ3) is 3.25. The van der Waals surface area contributed by atoms with Crippen molar-refractivity contribution >= 4 is 38.8 Å². The molecular formula is C19H12FN3O2S. The van der Waals surface area contributed by atoms with E-state index < -0.39 is 11.7 Å². The number of furan rings is 1. The number of para-hydroxylation sites is 1. The quantitative estimate of drug-likeness (QED) is 0.389. The Morgan fingerprint density at radius 2 is 2.04 bits per heavy atom. The molecular weight excluding hydrogens is 353 g/mol. The lowest BCUT2D eigenvalue weighted by atomic mass is 10.2. The fourth-order valence-corrected chi connectivity index (χ4v) is 3.28. The minimum absolute atomic E-state index is 0.181. The van der Waals surface area contributed by atoms with Gasteiger partial charge in [-0.25, -0.2) is 9.37 Å². The number of rotatable bonds is 4. The van der Waals surface area contributed by atoms with Crippen LogP contribution in [-0.2, 0) is 0 Å². The second-order valence-electron chi connectivity index (χ2n) is 5.35. The van der Waals surface area contributed by atoms with Crippen LogP contribution in [0, 0.1) is 5.82 Å². The standard InChI is InChI=1S/C19H12FN3O2S/c20-14-6-3-5-13(11-14)18(24)23(21-12-15-7-4-10-25-15)19-22-16-8-1-2-9-17(16)26-19/h1-12H/b21-12+. The summed E-state index contributed by atoms with van der Waals surface area (Å²) in [6.07, 6.45) is 2.93. The molecule has 128 valence electrons. The number of carbonyl (C=O) groups excluding carboxylic acids is 1. The Morgan fingerprint density at radius 3 is 2.81 bits per heavy atom. The van der Waals surface area contributed by atoms with E-state index in [0.717, 1.165) is 15.2 Å². The summed E-state index contributed by atoms with van der Waals surface area (Å²) >= 11 is 1.33. The van der Waals surface area contributed by atoms with E-state index >= 15 is 0 Å². The number of hydrogen-bond acceptors (Lipinski definition) is 5. The van der Waals surface area contributed by atoms with Gasteiger partial charge in [0.15, 0.2) is 0 Å². The number of fused-ring (bicyclic) bond motifs is 1. The van der Waals surface area contributed by atoms with Gasteiger partial charge in [0, 0.05) is 5.56 Å². The van der Waals surface area contributed by atoms with Crippen LogP contribution in [0.15, 0.2) is 76.4 Å². The number of anilines is 1. The summed E-state index contributed by atoms with van der Waals surface area (Å²) in [7, 11) is 0. The number of benzene rings is 2. The van der Waals surface area contributed by atoms with Gasteiger partial charge in [-0.2, -0.15) is 10.1 Å². The van der Waals surface area contributed by atoms with E-state index in [0.29, 0.717) is 10.9 Å². The van der Waals surface area contributed by atoms with E-state index in [9.17, 15) is 9.18 Å². The number of amides is 1. The summed E-state index contributed by atoms with van der Waals surface area (Å²) in [6.45, 7) is 0. The van der Waals surface area contributed by atoms with Crippen LogP contribution in [0.5, 0.6) is 0 Å². The fraction of sp³-hybridized carbons (Fsp3) is 0. The van der Waals surface area contributed by atoms with Crippen molar-refractivity contribution in [2.75, 3.05) is 5.01 Å². The molecule has 0 atom stereocenters. The third-order valence-corrected chi connectivity index (χ3v) is 4.58. The number of aromatic nitrogens is 1. The van der Waals surface area contributed by atoms with Crippen molar-refractivity contribution in [1.82, 2.24) is 4.98 Å². The Balaban J connectivity index is 1.76. The fourth-order valence-electron chi connectivity index (χ4n) is 2.36. The summed E-state index contributed by atoms with van der Waals surface area (Å²) in [5, 5.41) is 5.77. The van der Waals surface area contributed by atoms with Crippen molar-refractivity contribution in [1.29, 1.82) is 0 Å². The van der Waals surface area contributed by atoms with Crippen molar-refractivity contribution in [3.8, 4) is 0 Å². The maximum Gasteiger partial charge on any atom is 0.280 e. The van der Waals surface area contributed by atoms with E-state index in [1.807, 2.05) is 24.3 Å². The zero-order valence-corrected chi connectivity index (χ0v) is 14.2. The first-order valence-corrected chi connectivity index (χ1v) is 8.55. The van der Waals surface area contributed by atoms with Crippen molar-refractivity contribution in [3.05, 3.63) is 84.1 Å². The van der Waals surface area contributed by atoms with E-state index in [2.05, 4.69) is 10.1 Å². The molecule has 7 heteroatoms. The molecule has 0 radical (unpaired) electrons. The molecule has 2 aromatic heterocycles. The summed E-state index contributed by atoms with van der Waals surface area (Å²) in [4.78, 5) is 17.4. The average molecular weight is 365 g/mol. The van der Waals surface area contributed by atoms with Crippen LogP contribution in [0.4, 0.5) is 9.52 Å². The first kappa shape index (κ1) is 16.2. The van der Waals surface area contributed by atoms with Gasteiger partial charge in [-0.1, -0.05) is 29.5 Å². The highest BCUT2D eigenvalue weighted by atomic mass is 32.1. The molecule has 0 saturated carbocycles. The van der Waals surface area contributed by atoms with Crippen LogP contribution >= 0.6 is 11.3 Å². The minimum Gasteiger partial charge on any atom is -0.463 e. The maximum atomic E-state index is 13.5. The zero-order valence-electron chi connectivity index (χ0n) is 13.4. The molecule has 0 spiro atoms. The highest BCUT2D eigenvalue weighted by Gasteiger charge is 2.21. The summed E-state index contributed by atoms with van der Waals surface area (Å²) in [5.41, 5.74) is 0.943. The molecule has 0 unspecified atom stereocenters. The Hall–Kier alpha value is -3.32. The van der Waals surface area contributed by atoms with Gasteiger partial charge >= 0.3 is 0 Å². The predicted octanol–water partition coefficient (Wildman–Crippen LogP) is 4.71. The second kappa shape index (κ2) is 6.89. The van der Waals surface area contributed by atoms with Crippen LogP contribution in [-0.4, -0.2) is 17.1 Å². The smallest absolute Gasteiger partial charge is 0.280 e. The largest absolute Gasteiger partial charge is 0.463 e. The first-order valence-electron chi connectivity index (χ1n) is 7.74. The number of hydrogen-bond donors (Lipinski definition) is 0. The summed E-state index contributed by atoms with van der Waals surface area (Å²) in [5.74, 6) is -0.482. The molecule has 4 rings (SSSR count). The molecule has 0 bridgehead atoms. The highest BCUT2D eigenvalue weighted by molar-refractivity contribution is 7.22. The Bertz CT molecular complexity index is 1060. The predicted molar refractivity (Wildman–Crippen MR) is 99.1 cm³/mol. The lowest BCUT2D eigenvalue weighted by Crippen LogP contribution is -2.25. The SMILES string of the molecule is O=C(c1cccc(F)c1)N(/N=C/c1ccco1)c1nc2ccccc2s1. The van der Waals surface area contributed by atoms with Gasteiger partial charge in [0.05, 0.1) is 22.7 Å². The highest BCUT2D eigenvalue weighted by Crippen LogP contribution is 2.30. The molecule has 0 fully saturated rings. The molecule has 5 nitrogen and oxygen atoms in total. The van der Waals surface area contributed by atoms with Gasteiger partial charge in [0.1, 0.15) is 11.6 Å². The van der Waals surface area contributed by atoms with Gasteiger partial charge in [-0.15, -0.1) is 0 Å². The van der Waals surface area contributed by atoms with Crippen molar-refractivity contribution in [3.63, 3.8) is 0 Å². The van der Waals surface area contributed by atoms with E-state index in [1.165, 1.54) is 48.1 Å². The Labute approximate surface area is 152 Å². The molecule has 0 saturated heterocycles. The molecule has 0 aliphatic carbocycles. The molecule has 4 aromatic rings. The van der Waals surface area contributed by atoms with Gasteiger partial charge < -0.3 is 4.42 Å². The zero-order chi connectivity index (χ0) is 17.9. The second-order valence-corrected chi connectivity index (χ2v) is 6.36. The van der Waals surface area contributed by atoms with E-state index in [4.69, 9.17) is 4.42 Å². The molecule has 1 amide bonds. The van der Waals surface area contributed by atoms with Crippen molar-refractivity contribution in [2.45, 2.75) is 0 Å². The van der Waals surface area contributed by atoms with E-state index in [1.54, 1.807) is 12.1 Å². The summed E-state index contributed by atoms with van der Waals surface area (Å²) in [6, 6.07) is 16.4. The third-order valence-electron chi connectivity index (χ3n) is 3.57. The molecule has 2 heterocycles. The first-order chi connectivity index (χ1) is 12.7. The molecule has 0 N–H and O–H groups in total. The van der Waals surface area contributed by atoms with Gasteiger partial charge in [-0.05, 0) is 42.5 Å². The van der Waals surface area contributed by atoms with Crippen molar-refractivity contribution in [2.24, 2.45) is 5.10 Å². The number of hydrazone groups is 1. The normalized spacial score (nSPS) is 11.3. The number of halogens is 1. The lowest BCUT2D eigenvalue weighted by Gasteiger charge is -2.13. The molecule has 2 aromatic carbocycles. The summed E-state index contributed by atoms with van der Waals surface area (Å²) < 4.78 is 19.7. The van der Waals surface area contributed by atoms with Crippen LogP contribution in [0.25, 0.3) is 10.2 Å². The molecule has 0 aliphatic heterocycles. The van der Waals surface area contributed by atoms with Crippen LogP contribution in [0.1, 0.15) is 16.1 Å². The van der Waals surface area contributed by atoms with Gasteiger partial charge in [-0.3, -0.25) is 4.79 Å². The van der Waals surface area contributed by atoms with Crippen LogP contribution in [0.3, 0.4) is 0 Å². The maximum absolute atomic E-state index is 13.5. The minimum atomic E-state index is -0.491. The van der Waals surface area contributed by atoms with E-state index in [-0.39, 0.29) is 5.56 Å². The Morgan fingerprint density at radius 1 is 1.15 bits per heavy atom. The van der Waals surface area contributed by atoms with Crippen LogP contribution in [0.2, 0.25) is 0 Å².